The molecule has 0 atom stereocenters. The molecule has 2 N–H and O–H groups in total. The number of esters is 1. The third kappa shape index (κ3) is 5.95. The van der Waals surface area contributed by atoms with Gasteiger partial charge in [0.1, 0.15) is 17.2 Å². The number of ether oxygens (including phenoxy) is 1. The topological polar surface area (TPSA) is 106 Å². The molecule has 2 aromatic carbocycles. The molecule has 0 radical (unpaired) electrons. The van der Waals surface area contributed by atoms with E-state index in [4.69, 9.17) is 16.3 Å². The maximum atomic E-state index is 13.2. The number of halogens is 1. The van der Waals surface area contributed by atoms with Crippen LogP contribution in [-0.2, 0) is 27.3 Å². The molecule has 38 heavy (non-hydrogen) atoms. The third-order valence-electron chi connectivity index (χ3n) is 5.79. The average Bonchev–Trinajstić information content (AvgIpc) is 3.48. The summed E-state index contributed by atoms with van der Waals surface area (Å²) in [7, 11) is 0. The van der Waals surface area contributed by atoms with Crippen molar-refractivity contribution in [2.45, 2.75) is 26.8 Å². The Balaban J connectivity index is 1.50. The number of aromatic nitrogens is 1. The van der Waals surface area contributed by atoms with Crippen LogP contribution in [0.3, 0.4) is 0 Å². The molecule has 0 aliphatic rings. The van der Waals surface area contributed by atoms with E-state index in [1.807, 2.05) is 25.1 Å². The van der Waals surface area contributed by atoms with E-state index in [1.165, 1.54) is 11.3 Å². The van der Waals surface area contributed by atoms with Gasteiger partial charge in [0.15, 0.2) is 5.78 Å². The zero-order valence-electron chi connectivity index (χ0n) is 20.9. The van der Waals surface area contributed by atoms with Crippen LogP contribution in [0.25, 0.3) is 10.9 Å². The number of para-hydroxylation sites is 1. The monoisotopic (exact) mass is 551 g/mol. The Labute approximate surface area is 228 Å². The summed E-state index contributed by atoms with van der Waals surface area (Å²) in [6, 6.07) is 17.4. The summed E-state index contributed by atoms with van der Waals surface area (Å²) >= 11 is 7.52. The van der Waals surface area contributed by atoms with Gasteiger partial charge in [-0.3, -0.25) is 19.2 Å². The number of anilines is 1. The predicted molar refractivity (Wildman–Crippen MR) is 148 cm³/mol. The van der Waals surface area contributed by atoms with Crippen molar-refractivity contribution in [3.05, 3.63) is 87.4 Å². The summed E-state index contributed by atoms with van der Waals surface area (Å²) in [5.41, 5.74) is 1.61. The lowest BCUT2D eigenvalue weighted by Gasteiger charge is -2.11. The second-order valence-electron chi connectivity index (χ2n) is 8.33. The normalized spacial score (nSPS) is 10.8. The van der Waals surface area contributed by atoms with E-state index in [2.05, 4.69) is 10.6 Å². The number of thiophene rings is 1. The van der Waals surface area contributed by atoms with Crippen molar-refractivity contribution >= 4 is 62.4 Å². The lowest BCUT2D eigenvalue weighted by Crippen LogP contribution is -2.34. The van der Waals surface area contributed by atoms with Gasteiger partial charge >= 0.3 is 5.97 Å². The molecule has 10 heteroatoms. The molecule has 2 amide bonds. The van der Waals surface area contributed by atoms with Gasteiger partial charge in [0.25, 0.3) is 5.91 Å². The molecule has 0 saturated carbocycles. The summed E-state index contributed by atoms with van der Waals surface area (Å²) in [6.07, 6.45) is 0.686. The fourth-order valence-corrected chi connectivity index (χ4v) is 5.23. The Bertz CT molecular complexity index is 1520. The molecule has 0 aliphatic carbocycles. The highest BCUT2D eigenvalue weighted by Gasteiger charge is 2.22. The van der Waals surface area contributed by atoms with Gasteiger partial charge in [-0.1, -0.05) is 48.9 Å². The molecule has 0 bridgehead atoms. The number of nitrogens with zero attached hydrogens (tertiary/aromatic N) is 1. The first-order valence-corrected chi connectivity index (χ1v) is 13.3. The minimum absolute atomic E-state index is 0.140. The van der Waals surface area contributed by atoms with E-state index in [1.54, 1.807) is 54.0 Å². The number of hydrogen-bond acceptors (Lipinski definition) is 6. The van der Waals surface area contributed by atoms with Gasteiger partial charge in [-0.05, 0) is 43.7 Å². The van der Waals surface area contributed by atoms with Gasteiger partial charge in [-0.2, -0.15) is 0 Å². The molecule has 196 valence electrons. The highest BCUT2D eigenvalue weighted by atomic mass is 35.5. The highest BCUT2D eigenvalue weighted by molar-refractivity contribution is 7.16. The van der Waals surface area contributed by atoms with Crippen molar-refractivity contribution < 1.29 is 23.9 Å². The molecule has 0 saturated heterocycles. The van der Waals surface area contributed by atoms with Crippen LogP contribution < -0.4 is 10.6 Å². The number of aryl methyl sites for hydroxylation is 1. The molecule has 4 aromatic rings. The quantitative estimate of drug-likeness (QED) is 0.211. The van der Waals surface area contributed by atoms with Crippen molar-refractivity contribution in [1.29, 1.82) is 0 Å². The number of amides is 2. The third-order valence-corrected chi connectivity index (χ3v) is 7.32. The molecule has 0 spiro atoms. The molecule has 2 heterocycles. The standard InChI is InChI=1S/C28H26ClN3O5S/c1-3-18-14-20(26(35)19-10-6-7-11-21(19)29)28(38-18)31-24(33)15-30-27(36)23-13-17-9-5-8-12-22(17)32(23)16-25(34)37-4-2/h5-14H,3-4,15-16H2,1-2H3,(H,30,36)(H,31,33). The summed E-state index contributed by atoms with van der Waals surface area (Å²) in [4.78, 5) is 52.1. The Kier molecular flexibility index (Phi) is 8.60. The summed E-state index contributed by atoms with van der Waals surface area (Å²) < 4.78 is 6.62. The van der Waals surface area contributed by atoms with E-state index < -0.39 is 17.8 Å². The lowest BCUT2D eigenvalue weighted by molar-refractivity contribution is -0.143. The van der Waals surface area contributed by atoms with Crippen LogP contribution in [0.1, 0.15) is 45.1 Å². The number of benzene rings is 2. The Morgan fingerprint density at radius 3 is 2.45 bits per heavy atom. The van der Waals surface area contributed by atoms with Crippen molar-refractivity contribution in [2.75, 3.05) is 18.5 Å². The largest absolute Gasteiger partial charge is 0.465 e. The van der Waals surface area contributed by atoms with E-state index in [0.717, 1.165) is 10.3 Å². The van der Waals surface area contributed by atoms with Gasteiger partial charge in [0.05, 0.1) is 23.7 Å². The first-order chi connectivity index (χ1) is 18.3. The molecule has 8 nitrogen and oxygen atoms in total. The minimum atomic E-state index is -0.520. The van der Waals surface area contributed by atoms with E-state index in [0.29, 0.717) is 33.1 Å². The van der Waals surface area contributed by atoms with Crippen molar-refractivity contribution in [3.8, 4) is 0 Å². The molecule has 2 aromatic heterocycles. The first-order valence-electron chi connectivity index (χ1n) is 12.1. The molecule has 0 fully saturated rings. The first kappa shape index (κ1) is 27.1. The van der Waals surface area contributed by atoms with Crippen molar-refractivity contribution in [2.24, 2.45) is 0 Å². The average molecular weight is 552 g/mol. The number of ketones is 1. The number of fused-ring (bicyclic) bond motifs is 1. The maximum absolute atomic E-state index is 13.2. The fourth-order valence-electron chi connectivity index (χ4n) is 3.99. The van der Waals surface area contributed by atoms with Crippen LogP contribution in [0.4, 0.5) is 5.00 Å². The lowest BCUT2D eigenvalue weighted by atomic mass is 10.0. The minimum Gasteiger partial charge on any atom is -0.465 e. The number of carbonyl (C=O) groups is 4. The Hall–Kier alpha value is -3.95. The number of carbonyl (C=O) groups excluding carboxylic acids is 4. The van der Waals surface area contributed by atoms with Gasteiger partial charge in [-0.25, -0.2) is 0 Å². The van der Waals surface area contributed by atoms with Gasteiger partial charge in [-0.15, -0.1) is 11.3 Å². The van der Waals surface area contributed by atoms with Gasteiger partial charge in [0, 0.05) is 21.3 Å². The fraction of sp³-hybridized carbons (Fsp3) is 0.214. The van der Waals surface area contributed by atoms with Crippen LogP contribution in [0.5, 0.6) is 0 Å². The van der Waals surface area contributed by atoms with E-state index >= 15 is 0 Å². The Morgan fingerprint density at radius 1 is 0.974 bits per heavy atom. The zero-order valence-corrected chi connectivity index (χ0v) is 22.4. The van der Waals surface area contributed by atoms with Crippen LogP contribution in [0, 0.1) is 0 Å². The predicted octanol–water partition coefficient (Wildman–Crippen LogP) is 5.08. The maximum Gasteiger partial charge on any atom is 0.325 e. The Morgan fingerprint density at radius 2 is 1.71 bits per heavy atom. The van der Waals surface area contributed by atoms with Crippen LogP contribution >= 0.6 is 22.9 Å². The number of hydrogen-bond donors (Lipinski definition) is 2. The van der Waals surface area contributed by atoms with Crippen LogP contribution in [-0.4, -0.2) is 41.3 Å². The zero-order chi connectivity index (χ0) is 27.2. The number of rotatable bonds is 10. The molecule has 4 rings (SSSR count). The van der Waals surface area contributed by atoms with Gasteiger partial charge in [0.2, 0.25) is 5.91 Å². The van der Waals surface area contributed by atoms with Crippen molar-refractivity contribution in [3.63, 3.8) is 0 Å². The summed E-state index contributed by atoms with van der Waals surface area (Å²) in [6.45, 7) is 3.42. The van der Waals surface area contributed by atoms with Crippen LogP contribution in [0.2, 0.25) is 5.02 Å². The molecule has 0 unspecified atom stereocenters. The number of nitrogens with one attached hydrogen (secondary N) is 2. The smallest absolute Gasteiger partial charge is 0.325 e. The highest BCUT2D eigenvalue weighted by Crippen LogP contribution is 2.32. The second kappa shape index (κ2) is 12.1. The van der Waals surface area contributed by atoms with E-state index in [-0.39, 0.29) is 31.2 Å². The van der Waals surface area contributed by atoms with Crippen molar-refractivity contribution in [1.82, 2.24) is 9.88 Å². The van der Waals surface area contributed by atoms with E-state index in [9.17, 15) is 19.2 Å². The molecule has 0 aliphatic heterocycles. The molecular weight excluding hydrogens is 526 g/mol. The SMILES string of the molecule is CCOC(=O)Cn1c(C(=O)NCC(=O)Nc2sc(CC)cc2C(=O)c2ccccc2Cl)cc2ccccc21. The summed E-state index contributed by atoms with van der Waals surface area (Å²) in [5.74, 6) is -1.78. The van der Waals surface area contributed by atoms with Gasteiger partial charge < -0.3 is 19.9 Å². The summed E-state index contributed by atoms with van der Waals surface area (Å²) in [5, 5.41) is 6.86. The second-order valence-corrected chi connectivity index (χ2v) is 9.87. The van der Waals surface area contributed by atoms with Crippen LogP contribution in [0.15, 0.2) is 60.7 Å². The molecular formula is C28H26ClN3O5S.